The molecule has 1 aliphatic rings. The Hall–Kier alpha value is -5.02. The SMILES string of the molecule is O=C(Nc1cccc(C#Cc2ccccn2)c1)c1ccc2c(c1)C(=O)N(Cc1ccccc1)C2=O. The molecule has 0 fully saturated rings. The molecule has 35 heavy (non-hydrogen) atoms. The van der Waals surface area contributed by atoms with Crippen LogP contribution in [0.5, 0.6) is 0 Å². The van der Waals surface area contributed by atoms with E-state index in [1.807, 2.05) is 54.6 Å². The maximum atomic E-state index is 12.9. The molecule has 0 bridgehead atoms. The normalized spacial score (nSPS) is 12.1. The van der Waals surface area contributed by atoms with Crippen LogP contribution in [0.4, 0.5) is 5.69 Å². The topological polar surface area (TPSA) is 79.4 Å². The number of amides is 3. The first-order valence-electron chi connectivity index (χ1n) is 11.0. The lowest BCUT2D eigenvalue weighted by atomic mass is 10.1. The minimum absolute atomic E-state index is 0.182. The van der Waals surface area contributed by atoms with Crippen molar-refractivity contribution in [2.45, 2.75) is 6.54 Å². The summed E-state index contributed by atoms with van der Waals surface area (Å²) in [7, 11) is 0. The van der Waals surface area contributed by atoms with Gasteiger partial charge in [0.1, 0.15) is 5.69 Å². The van der Waals surface area contributed by atoms with Gasteiger partial charge in [-0.15, -0.1) is 0 Å². The van der Waals surface area contributed by atoms with Crippen molar-refractivity contribution in [1.29, 1.82) is 0 Å². The summed E-state index contributed by atoms with van der Waals surface area (Å²) in [5.41, 5.74) is 3.61. The lowest BCUT2D eigenvalue weighted by Gasteiger charge is -2.13. The highest BCUT2D eigenvalue weighted by molar-refractivity contribution is 6.22. The maximum Gasteiger partial charge on any atom is 0.261 e. The summed E-state index contributed by atoms with van der Waals surface area (Å²) >= 11 is 0. The molecule has 0 unspecified atom stereocenters. The number of nitrogens with one attached hydrogen (secondary N) is 1. The number of aromatic nitrogens is 1. The summed E-state index contributed by atoms with van der Waals surface area (Å²) in [6, 6.07) is 26.5. The molecule has 0 spiro atoms. The number of hydrogen-bond donors (Lipinski definition) is 1. The molecule has 4 aromatic rings. The zero-order valence-electron chi connectivity index (χ0n) is 18.6. The molecule has 2 heterocycles. The average molecular weight is 457 g/mol. The Bertz CT molecular complexity index is 1500. The van der Waals surface area contributed by atoms with Gasteiger partial charge in [-0.25, -0.2) is 4.98 Å². The summed E-state index contributed by atoms with van der Waals surface area (Å²) in [6.45, 7) is 0.182. The molecule has 1 N–H and O–H groups in total. The lowest BCUT2D eigenvalue weighted by Crippen LogP contribution is -2.29. The van der Waals surface area contributed by atoms with Crippen LogP contribution in [-0.4, -0.2) is 27.6 Å². The van der Waals surface area contributed by atoms with Crippen molar-refractivity contribution in [2.24, 2.45) is 0 Å². The summed E-state index contributed by atoms with van der Waals surface area (Å²) in [4.78, 5) is 44.0. The molecule has 0 aliphatic carbocycles. The molecular weight excluding hydrogens is 438 g/mol. The van der Waals surface area contributed by atoms with Gasteiger partial charge in [-0.2, -0.15) is 0 Å². The third-order valence-electron chi connectivity index (χ3n) is 5.54. The van der Waals surface area contributed by atoms with Crippen LogP contribution in [0.3, 0.4) is 0 Å². The van der Waals surface area contributed by atoms with Crippen LogP contribution < -0.4 is 5.32 Å². The number of anilines is 1. The Balaban J connectivity index is 1.32. The van der Waals surface area contributed by atoms with Crippen molar-refractivity contribution >= 4 is 23.4 Å². The molecule has 0 radical (unpaired) electrons. The highest BCUT2D eigenvalue weighted by Crippen LogP contribution is 2.26. The van der Waals surface area contributed by atoms with Crippen molar-refractivity contribution in [1.82, 2.24) is 9.88 Å². The van der Waals surface area contributed by atoms with Gasteiger partial charge in [0.2, 0.25) is 0 Å². The molecule has 3 amide bonds. The Morgan fingerprint density at radius 1 is 0.800 bits per heavy atom. The van der Waals surface area contributed by atoms with E-state index in [1.165, 1.54) is 17.0 Å². The van der Waals surface area contributed by atoms with Crippen molar-refractivity contribution in [3.8, 4) is 11.8 Å². The lowest BCUT2D eigenvalue weighted by molar-refractivity contribution is 0.0642. The van der Waals surface area contributed by atoms with E-state index in [-0.39, 0.29) is 29.5 Å². The van der Waals surface area contributed by atoms with Crippen LogP contribution in [0, 0.1) is 11.8 Å². The molecule has 6 nitrogen and oxygen atoms in total. The fourth-order valence-corrected chi connectivity index (χ4v) is 3.79. The maximum absolute atomic E-state index is 12.9. The highest BCUT2D eigenvalue weighted by Gasteiger charge is 2.36. The van der Waals surface area contributed by atoms with Gasteiger partial charge in [0.15, 0.2) is 0 Å². The van der Waals surface area contributed by atoms with E-state index < -0.39 is 5.91 Å². The van der Waals surface area contributed by atoms with Gasteiger partial charge < -0.3 is 5.32 Å². The number of benzene rings is 3. The number of nitrogens with zero attached hydrogens (tertiary/aromatic N) is 2. The second kappa shape index (κ2) is 9.46. The first-order chi connectivity index (χ1) is 17.1. The summed E-state index contributed by atoms with van der Waals surface area (Å²) in [5, 5.41) is 2.83. The van der Waals surface area contributed by atoms with Gasteiger partial charge in [0, 0.05) is 23.0 Å². The first-order valence-corrected chi connectivity index (χ1v) is 11.0. The number of hydrogen-bond acceptors (Lipinski definition) is 4. The minimum atomic E-state index is -0.407. The molecule has 1 aromatic heterocycles. The van der Waals surface area contributed by atoms with E-state index in [0.717, 1.165) is 11.1 Å². The molecule has 0 saturated carbocycles. The number of carbonyl (C=O) groups excluding carboxylic acids is 3. The zero-order valence-corrected chi connectivity index (χ0v) is 18.6. The number of carbonyl (C=O) groups is 3. The van der Waals surface area contributed by atoms with E-state index in [1.54, 1.807) is 30.5 Å². The molecule has 168 valence electrons. The second-order valence-electron chi connectivity index (χ2n) is 7.94. The Morgan fingerprint density at radius 3 is 2.40 bits per heavy atom. The monoisotopic (exact) mass is 457 g/mol. The van der Waals surface area contributed by atoms with Crippen molar-refractivity contribution < 1.29 is 14.4 Å². The Kier molecular flexibility index (Phi) is 5.89. The molecule has 0 saturated heterocycles. The van der Waals surface area contributed by atoms with E-state index in [4.69, 9.17) is 0 Å². The largest absolute Gasteiger partial charge is 0.322 e. The average Bonchev–Trinajstić information content (AvgIpc) is 3.13. The van der Waals surface area contributed by atoms with E-state index in [2.05, 4.69) is 22.1 Å². The summed E-state index contributed by atoms with van der Waals surface area (Å²) in [6.07, 6.45) is 1.68. The fraction of sp³-hybridized carbons (Fsp3) is 0.0345. The summed E-state index contributed by atoms with van der Waals surface area (Å²) < 4.78 is 0. The van der Waals surface area contributed by atoms with Gasteiger partial charge in [0.05, 0.1) is 17.7 Å². The molecular formula is C29H19N3O3. The molecule has 3 aromatic carbocycles. The van der Waals surface area contributed by atoms with Gasteiger partial charge in [-0.3, -0.25) is 19.3 Å². The number of rotatable bonds is 4. The molecule has 1 aliphatic heterocycles. The van der Waals surface area contributed by atoms with Gasteiger partial charge in [-0.1, -0.05) is 48.4 Å². The quantitative estimate of drug-likeness (QED) is 0.361. The van der Waals surface area contributed by atoms with E-state index in [9.17, 15) is 14.4 Å². The smallest absolute Gasteiger partial charge is 0.261 e. The van der Waals surface area contributed by atoms with Crippen molar-refractivity contribution in [3.63, 3.8) is 0 Å². The fourth-order valence-electron chi connectivity index (χ4n) is 3.79. The minimum Gasteiger partial charge on any atom is -0.322 e. The third kappa shape index (κ3) is 4.70. The number of imide groups is 1. The van der Waals surface area contributed by atoms with Gasteiger partial charge in [0.25, 0.3) is 17.7 Å². The van der Waals surface area contributed by atoms with Crippen LogP contribution >= 0.6 is 0 Å². The number of fused-ring (bicyclic) bond motifs is 1. The van der Waals surface area contributed by atoms with E-state index in [0.29, 0.717) is 16.9 Å². The predicted octanol–water partition coefficient (Wildman–Crippen LogP) is 4.53. The van der Waals surface area contributed by atoms with E-state index >= 15 is 0 Å². The molecule has 6 heteroatoms. The van der Waals surface area contributed by atoms with Crippen LogP contribution in [0.15, 0.2) is 97.2 Å². The third-order valence-corrected chi connectivity index (χ3v) is 5.54. The Labute approximate surface area is 202 Å². The van der Waals surface area contributed by atoms with Crippen molar-refractivity contribution in [3.05, 3.63) is 131 Å². The highest BCUT2D eigenvalue weighted by atomic mass is 16.2. The second-order valence-corrected chi connectivity index (χ2v) is 7.94. The van der Waals surface area contributed by atoms with Gasteiger partial charge in [-0.05, 0) is 60.0 Å². The van der Waals surface area contributed by atoms with Crippen LogP contribution in [0.1, 0.15) is 47.9 Å². The first kappa shape index (κ1) is 21.8. The number of pyridine rings is 1. The molecule has 0 atom stereocenters. The standard InChI is InChI=1S/C29H19N3O3/c33-27(31-24-11-6-9-20(17-24)12-14-23-10-4-5-16-30-23)22-13-15-25-26(18-22)29(35)32(28(25)34)19-21-7-2-1-3-8-21/h1-11,13,15-18H,19H2,(H,31,33). The zero-order chi connectivity index (χ0) is 24.2. The molecule has 5 rings (SSSR count). The van der Waals surface area contributed by atoms with Crippen LogP contribution in [0.2, 0.25) is 0 Å². The predicted molar refractivity (Wildman–Crippen MR) is 132 cm³/mol. The van der Waals surface area contributed by atoms with Crippen molar-refractivity contribution in [2.75, 3.05) is 5.32 Å². The van der Waals surface area contributed by atoms with Crippen LogP contribution in [-0.2, 0) is 6.54 Å². The van der Waals surface area contributed by atoms with Crippen LogP contribution in [0.25, 0.3) is 0 Å². The Morgan fingerprint density at radius 2 is 1.60 bits per heavy atom. The van der Waals surface area contributed by atoms with Gasteiger partial charge >= 0.3 is 0 Å². The summed E-state index contributed by atoms with van der Waals surface area (Å²) in [5.74, 6) is 4.86.